The van der Waals surface area contributed by atoms with Gasteiger partial charge in [0, 0.05) is 5.56 Å². The maximum atomic E-state index is 11.0. The lowest BCUT2D eigenvalue weighted by Crippen LogP contribution is -2.28. The molecule has 0 unspecified atom stereocenters. The average molecular weight is 439 g/mol. The van der Waals surface area contributed by atoms with Crippen LogP contribution in [-0.2, 0) is 0 Å². The second kappa shape index (κ2) is 7.40. The number of phenols is 1. The number of benzene rings is 2. The SMILES string of the molecule is COc1c(Oc2c(C)c3c(c(OC)c2O)C=CC(C)(C)O3)cc(C)c2c1C=CC(C)(C)O2. The smallest absolute Gasteiger partial charge is 0.202 e. The molecule has 0 atom stereocenters. The largest absolute Gasteiger partial charge is 0.502 e. The summed E-state index contributed by atoms with van der Waals surface area (Å²) in [5.74, 6) is 2.80. The molecule has 0 bridgehead atoms. The van der Waals surface area contributed by atoms with Crippen LogP contribution in [-0.4, -0.2) is 30.5 Å². The lowest BCUT2D eigenvalue weighted by atomic mass is 9.97. The van der Waals surface area contributed by atoms with Gasteiger partial charge in [-0.05, 0) is 77.5 Å². The summed E-state index contributed by atoms with van der Waals surface area (Å²) in [5, 5.41) is 11.0. The predicted molar refractivity (Wildman–Crippen MR) is 125 cm³/mol. The van der Waals surface area contributed by atoms with Crippen LogP contribution in [0.1, 0.15) is 49.9 Å². The van der Waals surface area contributed by atoms with Crippen LogP contribution in [0, 0.1) is 13.8 Å². The van der Waals surface area contributed by atoms with Crippen LogP contribution in [0.15, 0.2) is 18.2 Å². The molecule has 0 saturated heterocycles. The molecule has 0 fully saturated rings. The van der Waals surface area contributed by atoms with Crippen LogP contribution in [0.2, 0.25) is 0 Å². The highest BCUT2D eigenvalue weighted by Crippen LogP contribution is 2.54. The molecule has 4 rings (SSSR count). The van der Waals surface area contributed by atoms with Crippen molar-refractivity contribution in [2.24, 2.45) is 0 Å². The standard InChI is InChI=1S/C26H30O6/c1-14-13-18(23(28-7)16-9-11-25(3,4)31-20(14)16)30-22-15(2)21-17(24(29-8)19(22)27)10-12-26(5,6)32-21/h9-13,27H,1-8H3. The zero-order valence-electron chi connectivity index (χ0n) is 19.9. The first-order valence-corrected chi connectivity index (χ1v) is 10.6. The second-order valence-corrected chi connectivity index (χ2v) is 9.23. The van der Waals surface area contributed by atoms with Crippen molar-refractivity contribution in [3.05, 3.63) is 40.5 Å². The number of ether oxygens (including phenoxy) is 5. The van der Waals surface area contributed by atoms with E-state index in [1.165, 1.54) is 7.11 Å². The van der Waals surface area contributed by atoms with Crippen molar-refractivity contribution >= 4 is 12.2 Å². The van der Waals surface area contributed by atoms with Gasteiger partial charge in [0.1, 0.15) is 22.7 Å². The Hall–Kier alpha value is -3.28. The monoisotopic (exact) mass is 438 g/mol. The molecule has 2 aliphatic heterocycles. The molecule has 0 amide bonds. The predicted octanol–water partition coefficient (Wildman–Crippen LogP) is 6.19. The molecule has 0 radical (unpaired) electrons. The van der Waals surface area contributed by atoms with E-state index >= 15 is 0 Å². The van der Waals surface area contributed by atoms with Crippen molar-refractivity contribution in [3.8, 4) is 40.2 Å². The molecular weight excluding hydrogens is 408 g/mol. The van der Waals surface area contributed by atoms with Crippen molar-refractivity contribution in [1.29, 1.82) is 0 Å². The number of hydrogen-bond acceptors (Lipinski definition) is 6. The summed E-state index contributed by atoms with van der Waals surface area (Å²) in [5.41, 5.74) is 2.14. The topological polar surface area (TPSA) is 66.4 Å². The number of hydrogen-bond donors (Lipinski definition) is 1. The van der Waals surface area contributed by atoms with E-state index in [1.54, 1.807) is 7.11 Å². The number of rotatable bonds is 4. The maximum Gasteiger partial charge on any atom is 0.202 e. The maximum absolute atomic E-state index is 11.0. The minimum atomic E-state index is -0.494. The summed E-state index contributed by atoms with van der Waals surface area (Å²) < 4.78 is 29.9. The highest BCUT2D eigenvalue weighted by atomic mass is 16.5. The van der Waals surface area contributed by atoms with Gasteiger partial charge in [0.05, 0.1) is 25.3 Å². The molecule has 0 spiro atoms. The first kappa shape index (κ1) is 21.9. The Labute approximate surface area is 189 Å². The van der Waals surface area contributed by atoms with E-state index in [0.717, 1.165) is 16.9 Å². The minimum Gasteiger partial charge on any atom is -0.502 e. The molecule has 0 aliphatic carbocycles. The van der Waals surface area contributed by atoms with E-state index in [9.17, 15) is 5.11 Å². The fourth-order valence-electron chi connectivity index (χ4n) is 4.05. The highest BCUT2D eigenvalue weighted by Gasteiger charge is 2.32. The van der Waals surface area contributed by atoms with Crippen molar-refractivity contribution in [2.45, 2.75) is 52.7 Å². The summed E-state index contributed by atoms with van der Waals surface area (Å²) in [6.07, 6.45) is 7.80. The Bertz CT molecular complexity index is 1150. The number of phenolic OH excluding ortho intramolecular Hbond substituents is 1. The van der Waals surface area contributed by atoms with Gasteiger partial charge in [-0.1, -0.05) is 0 Å². The molecule has 170 valence electrons. The van der Waals surface area contributed by atoms with Gasteiger partial charge in [0.25, 0.3) is 0 Å². The van der Waals surface area contributed by atoms with Crippen LogP contribution >= 0.6 is 0 Å². The first-order valence-electron chi connectivity index (χ1n) is 10.6. The Balaban J connectivity index is 1.88. The highest BCUT2D eigenvalue weighted by molar-refractivity contribution is 5.78. The van der Waals surface area contributed by atoms with Crippen LogP contribution < -0.4 is 23.7 Å². The van der Waals surface area contributed by atoms with E-state index < -0.39 is 11.2 Å². The third-order valence-electron chi connectivity index (χ3n) is 5.67. The number of methoxy groups -OCH3 is 2. The zero-order chi connectivity index (χ0) is 23.4. The molecule has 32 heavy (non-hydrogen) atoms. The van der Waals surface area contributed by atoms with Gasteiger partial charge in [-0.15, -0.1) is 0 Å². The molecule has 6 heteroatoms. The van der Waals surface area contributed by atoms with Gasteiger partial charge in [-0.2, -0.15) is 0 Å². The fraction of sp³-hybridized carbons (Fsp3) is 0.385. The normalized spacial score (nSPS) is 17.0. The molecule has 6 nitrogen and oxygen atoms in total. The lowest BCUT2D eigenvalue weighted by Gasteiger charge is -2.32. The van der Waals surface area contributed by atoms with Gasteiger partial charge in [-0.25, -0.2) is 0 Å². The number of aryl methyl sites for hydroxylation is 1. The van der Waals surface area contributed by atoms with Gasteiger partial charge >= 0.3 is 0 Å². The summed E-state index contributed by atoms with van der Waals surface area (Å²) in [6.45, 7) is 11.7. The number of fused-ring (bicyclic) bond motifs is 2. The lowest BCUT2D eigenvalue weighted by molar-refractivity contribution is 0.155. The summed E-state index contributed by atoms with van der Waals surface area (Å²) in [4.78, 5) is 0. The molecule has 2 aromatic rings. The molecule has 2 aliphatic rings. The summed E-state index contributed by atoms with van der Waals surface area (Å²) in [7, 11) is 3.09. The second-order valence-electron chi connectivity index (χ2n) is 9.23. The third kappa shape index (κ3) is 3.53. The van der Waals surface area contributed by atoms with Crippen molar-refractivity contribution in [2.75, 3.05) is 14.2 Å². The minimum absolute atomic E-state index is 0.0953. The van der Waals surface area contributed by atoms with E-state index in [-0.39, 0.29) is 11.5 Å². The van der Waals surface area contributed by atoms with Crippen LogP contribution in [0.5, 0.6) is 40.2 Å². The molecule has 2 aromatic carbocycles. The van der Waals surface area contributed by atoms with Crippen LogP contribution in [0.4, 0.5) is 0 Å². The molecular formula is C26H30O6. The van der Waals surface area contributed by atoms with Gasteiger partial charge < -0.3 is 28.8 Å². The zero-order valence-corrected chi connectivity index (χ0v) is 19.9. The van der Waals surface area contributed by atoms with E-state index in [2.05, 4.69) is 0 Å². The number of aromatic hydroxyl groups is 1. The van der Waals surface area contributed by atoms with Crippen LogP contribution in [0.3, 0.4) is 0 Å². The van der Waals surface area contributed by atoms with E-state index in [4.69, 9.17) is 23.7 Å². The fourth-order valence-corrected chi connectivity index (χ4v) is 4.05. The van der Waals surface area contributed by atoms with E-state index in [1.807, 2.05) is 71.9 Å². The molecule has 0 saturated carbocycles. The van der Waals surface area contributed by atoms with E-state index in [0.29, 0.717) is 34.1 Å². The van der Waals surface area contributed by atoms with Crippen molar-refractivity contribution in [3.63, 3.8) is 0 Å². The summed E-state index contributed by atoms with van der Waals surface area (Å²) >= 11 is 0. The molecule has 1 N–H and O–H groups in total. The van der Waals surface area contributed by atoms with Crippen molar-refractivity contribution in [1.82, 2.24) is 0 Å². The van der Waals surface area contributed by atoms with Gasteiger partial charge in [0.15, 0.2) is 23.0 Å². The van der Waals surface area contributed by atoms with Crippen molar-refractivity contribution < 1.29 is 28.8 Å². The Kier molecular flexibility index (Phi) is 5.07. The Morgan fingerprint density at radius 1 is 0.781 bits per heavy atom. The van der Waals surface area contributed by atoms with Crippen LogP contribution in [0.25, 0.3) is 12.2 Å². The summed E-state index contributed by atoms with van der Waals surface area (Å²) in [6, 6.07) is 1.85. The van der Waals surface area contributed by atoms with Gasteiger partial charge in [0.2, 0.25) is 5.75 Å². The average Bonchev–Trinajstić information content (AvgIpc) is 2.72. The first-order chi connectivity index (χ1) is 15.0. The Morgan fingerprint density at radius 2 is 1.31 bits per heavy atom. The Morgan fingerprint density at radius 3 is 1.88 bits per heavy atom. The van der Waals surface area contributed by atoms with Gasteiger partial charge in [-0.3, -0.25) is 0 Å². The molecule has 0 aromatic heterocycles. The third-order valence-corrected chi connectivity index (χ3v) is 5.67. The quantitative estimate of drug-likeness (QED) is 0.614. The molecule has 2 heterocycles.